The van der Waals surface area contributed by atoms with E-state index in [9.17, 15) is 9.59 Å². The largest absolute Gasteiger partial charge is 0.478 e. The lowest BCUT2D eigenvalue weighted by Crippen LogP contribution is -2.13. The summed E-state index contributed by atoms with van der Waals surface area (Å²) in [5.41, 5.74) is 1.88. The Bertz CT molecular complexity index is 665. The van der Waals surface area contributed by atoms with Gasteiger partial charge in [0.25, 0.3) is 5.91 Å². The molecule has 0 unspecified atom stereocenters. The van der Waals surface area contributed by atoms with E-state index in [1.54, 1.807) is 37.3 Å². The number of carbonyl (C=O) groups is 2. The molecule has 0 aliphatic heterocycles. The van der Waals surface area contributed by atoms with Crippen molar-refractivity contribution in [3.05, 3.63) is 64.2 Å². The van der Waals surface area contributed by atoms with Crippen LogP contribution < -0.4 is 5.32 Å². The molecule has 2 rings (SSSR count). The maximum atomic E-state index is 12.1. The normalized spacial score (nSPS) is 10.1. The molecule has 102 valence electrons. The second-order valence-corrected chi connectivity index (χ2v) is 4.66. The van der Waals surface area contributed by atoms with Crippen LogP contribution in [0.2, 0.25) is 5.02 Å². The highest BCUT2D eigenvalue weighted by atomic mass is 35.5. The van der Waals surface area contributed by atoms with Crippen LogP contribution >= 0.6 is 11.6 Å². The summed E-state index contributed by atoms with van der Waals surface area (Å²) in [7, 11) is 0. The monoisotopic (exact) mass is 289 g/mol. The number of rotatable bonds is 3. The van der Waals surface area contributed by atoms with Gasteiger partial charge in [-0.2, -0.15) is 0 Å². The van der Waals surface area contributed by atoms with Crippen molar-refractivity contribution in [2.75, 3.05) is 5.32 Å². The number of amides is 1. The standard InChI is InChI=1S/C15H12ClNO3/c1-9-12(3-2-4-13(9)16)14(18)17-11-7-5-10(6-8-11)15(19)20/h2-8H,1H3,(H,17,18)(H,19,20). The van der Waals surface area contributed by atoms with E-state index in [2.05, 4.69) is 5.32 Å². The predicted octanol–water partition coefficient (Wildman–Crippen LogP) is 3.60. The van der Waals surface area contributed by atoms with Gasteiger partial charge in [-0.15, -0.1) is 0 Å². The lowest BCUT2D eigenvalue weighted by molar-refractivity contribution is 0.0696. The Labute approximate surface area is 121 Å². The van der Waals surface area contributed by atoms with Crippen LogP contribution in [-0.2, 0) is 0 Å². The first kappa shape index (κ1) is 14.1. The molecule has 4 nitrogen and oxygen atoms in total. The first-order valence-corrected chi connectivity index (χ1v) is 6.26. The minimum atomic E-state index is -1.01. The number of hydrogen-bond donors (Lipinski definition) is 2. The summed E-state index contributed by atoms with van der Waals surface area (Å²) in [4.78, 5) is 22.9. The van der Waals surface area contributed by atoms with Gasteiger partial charge >= 0.3 is 5.97 Å². The number of nitrogens with one attached hydrogen (secondary N) is 1. The smallest absolute Gasteiger partial charge is 0.335 e. The van der Waals surface area contributed by atoms with Gasteiger partial charge in [0, 0.05) is 16.3 Å². The highest BCUT2D eigenvalue weighted by Crippen LogP contribution is 2.20. The van der Waals surface area contributed by atoms with E-state index >= 15 is 0 Å². The molecule has 5 heteroatoms. The van der Waals surface area contributed by atoms with Crippen molar-refractivity contribution < 1.29 is 14.7 Å². The SMILES string of the molecule is Cc1c(Cl)cccc1C(=O)Nc1ccc(C(=O)O)cc1. The van der Waals surface area contributed by atoms with Gasteiger partial charge in [0.05, 0.1) is 5.56 Å². The van der Waals surface area contributed by atoms with Gasteiger partial charge in [-0.1, -0.05) is 17.7 Å². The molecule has 1 amide bonds. The molecule has 0 spiro atoms. The Balaban J connectivity index is 2.19. The van der Waals surface area contributed by atoms with E-state index in [-0.39, 0.29) is 11.5 Å². The summed E-state index contributed by atoms with van der Waals surface area (Å²) in [6.45, 7) is 1.77. The Morgan fingerprint density at radius 3 is 2.35 bits per heavy atom. The Morgan fingerprint density at radius 1 is 1.10 bits per heavy atom. The highest BCUT2D eigenvalue weighted by molar-refractivity contribution is 6.32. The van der Waals surface area contributed by atoms with Gasteiger partial charge in [-0.3, -0.25) is 4.79 Å². The van der Waals surface area contributed by atoms with Crippen LogP contribution in [0.25, 0.3) is 0 Å². The van der Waals surface area contributed by atoms with E-state index in [0.29, 0.717) is 21.8 Å². The molecule has 2 aromatic rings. The van der Waals surface area contributed by atoms with Gasteiger partial charge in [0.15, 0.2) is 0 Å². The summed E-state index contributed by atoms with van der Waals surface area (Å²) in [6, 6.07) is 11.1. The minimum absolute atomic E-state index is 0.168. The molecule has 0 fully saturated rings. The van der Waals surface area contributed by atoms with Crippen molar-refractivity contribution in [2.24, 2.45) is 0 Å². The van der Waals surface area contributed by atoms with Gasteiger partial charge in [0.2, 0.25) is 0 Å². The Morgan fingerprint density at radius 2 is 1.75 bits per heavy atom. The van der Waals surface area contributed by atoms with E-state index in [1.807, 2.05) is 0 Å². The molecule has 0 aliphatic carbocycles. The third-order valence-corrected chi connectivity index (χ3v) is 3.31. The fourth-order valence-electron chi connectivity index (χ4n) is 1.75. The topological polar surface area (TPSA) is 66.4 Å². The van der Waals surface area contributed by atoms with Crippen LogP contribution in [0.1, 0.15) is 26.3 Å². The molecule has 0 atom stereocenters. The fourth-order valence-corrected chi connectivity index (χ4v) is 1.92. The van der Waals surface area contributed by atoms with E-state index < -0.39 is 5.97 Å². The molecular weight excluding hydrogens is 278 g/mol. The second-order valence-electron chi connectivity index (χ2n) is 4.25. The summed E-state index contributed by atoms with van der Waals surface area (Å²) in [5, 5.41) is 12.0. The van der Waals surface area contributed by atoms with Gasteiger partial charge < -0.3 is 10.4 Å². The Kier molecular flexibility index (Phi) is 4.05. The zero-order chi connectivity index (χ0) is 14.7. The number of anilines is 1. The fraction of sp³-hybridized carbons (Fsp3) is 0.0667. The third-order valence-electron chi connectivity index (χ3n) is 2.90. The maximum Gasteiger partial charge on any atom is 0.335 e. The lowest BCUT2D eigenvalue weighted by Gasteiger charge is -2.09. The first-order chi connectivity index (χ1) is 9.49. The number of carboxylic acids is 1. The maximum absolute atomic E-state index is 12.1. The molecule has 0 aromatic heterocycles. The average molecular weight is 290 g/mol. The molecule has 0 heterocycles. The van der Waals surface area contributed by atoms with Crippen molar-refractivity contribution in [3.8, 4) is 0 Å². The number of halogens is 1. The molecule has 0 saturated carbocycles. The molecule has 0 saturated heterocycles. The van der Waals surface area contributed by atoms with Crippen LogP contribution in [0.15, 0.2) is 42.5 Å². The van der Waals surface area contributed by atoms with Gasteiger partial charge in [0.1, 0.15) is 0 Å². The highest BCUT2D eigenvalue weighted by Gasteiger charge is 2.11. The van der Waals surface area contributed by atoms with Crippen LogP contribution in [0.5, 0.6) is 0 Å². The van der Waals surface area contributed by atoms with Crippen LogP contribution in [-0.4, -0.2) is 17.0 Å². The third kappa shape index (κ3) is 2.97. The van der Waals surface area contributed by atoms with E-state index in [0.717, 1.165) is 0 Å². The molecule has 2 N–H and O–H groups in total. The van der Waals surface area contributed by atoms with Crippen molar-refractivity contribution in [3.63, 3.8) is 0 Å². The number of hydrogen-bond acceptors (Lipinski definition) is 2. The predicted molar refractivity (Wildman–Crippen MR) is 77.5 cm³/mol. The van der Waals surface area contributed by atoms with E-state index in [1.165, 1.54) is 12.1 Å². The van der Waals surface area contributed by atoms with Crippen LogP contribution in [0.4, 0.5) is 5.69 Å². The molecule has 0 radical (unpaired) electrons. The lowest BCUT2D eigenvalue weighted by atomic mass is 10.1. The molecule has 2 aromatic carbocycles. The van der Waals surface area contributed by atoms with Crippen molar-refractivity contribution in [2.45, 2.75) is 6.92 Å². The first-order valence-electron chi connectivity index (χ1n) is 5.89. The van der Waals surface area contributed by atoms with Gasteiger partial charge in [-0.05, 0) is 48.9 Å². The molecule has 20 heavy (non-hydrogen) atoms. The van der Waals surface area contributed by atoms with Crippen molar-refractivity contribution in [1.29, 1.82) is 0 Å². The second kappa shape index (κ2) is 5.75. The van der Waals surface area contributed by atoms with Crippen molar-refractivity contribution in [1.82, 2.24) is 0 Å². The summed E-state index contributed by atoms with van der Waals surface area (Å²) >= 11 is 5.97. The van der Waals surface area contributed by atoms with Crippen LogP contribution in [0, 0.1) is 6.92 Å². The molecule has 0 bridgehead atoms. The van der Waals surface area contributed by atoms with Crippen LogP contribution in [0.3, 0.4) is 0 Å². The van der Waals surface area contributed by atoms with Crippen molar-refractivity contribution >= 4 is 29.2 Å². The molecule has 0 aliphatic rings. The quantitative estimate of drug-likeness (QED) is 0.907. The number of benzene rings is 2. The molecular formula is C15H12ClNO3. The zero-order valence-corrected chi connectivity index (χ0v) is 11.4. The minimum Gasteiger partial charge on any atom is -0.478 e. The average Bonchev–Trinajstić information content (AvgIpc) is 2.42. The van der Waals surface area contributed by atoms with E-state index in [4.69, 9.17) is 16.7 Å². The van der Waals surface area contributed by atoms with Gasteiger partial charge in [-0.25, -0.2) is 4.79 Å². The Hall–Kier alpha value is -2.33. The number of carboxylic acid groups (broad SMARTS) is 1. The zero-order valence-electron chi connectivity index (χ0n) is 10.7. The summed E-state index contributed by atoms with van der Waals surface area (Å²) in [6.07, 6.45) is 0. The summed E-state index contributed by atoms with van der Waals surface area (Å²) in [5.74, 6) is -1.29. The number of carbonyl (C=O) groups excluding carboxylic acids is 1. The summed E-state index contributed by atoms with van der Waals surface area (Å²) < 4.78 is 0. The number of aromatic carboxylic acids is 1.